The number of rotatable bonds is 4. The van der Waals surface area contributed by atoms with Gasteiger partial charge in [-0.2, -0.15) is 0 Å². The van der Waals surface area contributed by atoms with Gasteiger partial charge in [0.1, 0.15) is 0 Å². The highest BCUT2D eigenvalue weighted by molar-refractivity contribution is 7.11. The van der Waals surface area contributed by atoms with Crippen LogP contribution < -0.4 is 0 Å². The van der Waals surface area contributed by atoms with Crippen LogP contribution in [0.5, 0.6) is 0 Å². The highest BCUT2D eigenvalue weighted by atomic mass is 32.1. The lowest BCUT2D eigenvalue weighted by Crippen LogP contribution is -2.49. The molecule has 3 rings (SSSR count). The molecule has 0 saturated carbocycles. The Hall–Kier alpha value is -0.490. The maximum absolute atomic E-state index is 5.84. The van der Waals surface area contributed by atoms with Crippen molar-refractivity contribution in [3.8, 4) is 0 Å². The molecule has 2 saturated heterocycles. The van der Waals surface area contributed by atoms with E-state index in [1.807, 2.05) is 17.5 Å². The van der Waals surface area contributed by atoms with Gasteiger partial charge in [0.05, 0.1) is 17.2 Å². The van der Waals surface area contributed by atoms with Gasteiger partial charge in [0.2, 0.25) is 0 Å². The van der Waals surface area contributed by atoms with Crippen LogP contribution in [0.15, 0.2) is 6.20 Å². The SMILES string of the molecule is Cc1ncc(CN2CCC[C@@H]2CN2C[C@@H](C)O[C@H](C)C2)s1. The molecule has 0 amide bonds. The van der Waals surface area contributed by atoms with Crippen LogP contribution >= 0.6 is 11.3 Å². The number of ether oxygens (including phenoxy) is 1. The third-order valence-corrected chi connectivity index (χ3v) is 5.39. The average Bonchev–Trinajstić information content (AvgIpc) is 2.99. The van der Waals surface area contributed by atoms with Gasteiger partial charge in [-0.25, -0.2) is 4.98 Å². The molecule has 4 nitrogen and oxygen atoms in total. The van der Waals surface area contributed by atoms with Gasteiger partial charge in [-0.1, -0.05) is 0 Å². The zero-order chi connectivity index (χ0) is 14.8. The molecule has 0 radical (unpaired) electrons. The summed E-state index contributed by atoms with van der Waals surface area (Å²) in [4.78, 5) is 11.0. The van der Waals surface area contributed by atoms with Gasteiger partial charge in [0, 0.05) is 43.3 Å². The Kier molecular flexibility index (Phi) is 4.94. The minimum atomic E-state index is 0.368. The Bertz CT molecular complexity index is 454. The standard InChI is InChI=1S/C16H27N3OS/c1-12-8-18(9-13(2)20-12)10-15-5-4-6-19(15)11-16-7-17-14(3)21-16/h7,12-13,15H,4-6,8-11H2,1-3H3/t12-,13-,15-/m1/s1. The molecule has 2 aliphatic heterocycles. The van der Waals surface area contributed by atoms with Gasteiger partial charge >= 0.3 is 0 Å². The molecule has 2 aliphatic rings. The normalized spacial score (nSPS) is 31.9. The Morgan fingerprint density at radius 1 is 1.33 bits per heavy atom. The molecular weight excluding hydrogens is 282 g/mol. The summed E-state index contributed by atoms with van der Waals surface area (Å²) in [5.41, 5.74) is 0. The molecule has 5 heteroatoms. The summed E-state index contributed by atoms with van der Waals surface area (Å²) in [6.45, 7) is 12.1. The third-order valence-electron chi connectivity index (χ3n) is 4.49. The zero-order valence-corrected chi connectivity index (χ0v) is 14.2. The molecule has 118 valence electrons. The second-order valence-corrected chi connectivity index (χ2v) is 7.91. The van der Waals surface area contributed by atoms with Crippen LogP contribution in [0.2, 0.25) is 0 Å². The average molecular weight is 309 g/mol. The minimum absolute atomic E-state index is 0.368. The molecule has 1 aromatic heterocycles. The van der Waals surface area contributed by atoms with Crippen molar-refractivity contribution in [3.05, 3.63) is 16.1 Å². The topological polar surface area (TPSA) is 28.6 Å². The molecule has 21 heavy (non-hydrogen) atoms. The molecule has 0 spiro atoms. The largest absolute Gasteiger partial charge is 0.373 e. The van der Waals surface area contributed by atoms with Crippen molar-refractivity contribution in [2.45, 2.75) is 58.4 Å². The van der Waals surface area contributed by atoms with Crippen molar-refractivity contribution < 1.29 is 4.74 Å². The molecule has 0 bridgehead atoms. The van der Waals surface area contributed by atoms with E-state index in [0.717, 1.165) is 19.6 Å². The van der Waals surface area contributed by atoms with Crippen LogP contribution in [-0.4, -0.2) is 59.2 Å². The molecule has 1 aromatic rings. The van der Waals surface area contributed by atoms with Gasteiger partial charge in [-0.15, -0.1) is 11.3 Å². The van der Waals surface area contributed by atoms with Crippen molar-refractivity contribution >= 4 is 11.3 Å². The molecule has 3 atom stereocenters. The second kappa shape index (κ2) is 6.73. The van der Waals surface area contributed by atoms with Crippen LogP contribution in [0.3, 0.4) is 0 Å². The maximum atomic E-state index is 5.84. The van der Waals surface area contributed by atoms with Gasteiger partial charge in [0.25, 0.3) is 0 Å². The van der Waals surface area contributed by atoms with Crippen LogP contribution in [0.4, 0.5) is 0 Å². The fraction of sp³-hybridized carbons (Fsp3) is 0.812. The second-order valence-electron chi connectivity index (χ2n) is 6.59. The molecule has 0 unspecified atom stereocenters. The van der Waals surface area contributed by atoms with E-state index in [1.54, 1.807) is 0 Å². The quantitative estimate of drug-likeness (QED) is 0.854. The van der Waals surface area contributed by atoms with Crippen molar-refractivity contribution in [1.29, 1.82) is 0 Å². The van der Waals surface area contributed by atoms with Crippen LogP contribution in [-0.2, 0) is 11.3 Å². The van der Waals surface area contributed by atoms with Gasteiger partial charge in [-0.05, 0) is 40.2 Å². The van der Waals surface area contributed by atoms with Gasteiger partial charge in [0.15, 0.2) is 0 Å². The first kappa shape index (κ1) is 15.4. The van der Waals surface area contributed by atoms with Gasteiger partial charge in [-0.3, -0.25) is 9.80 Å². The predicted octanol–water partition coefficient (Wildman–Crippen LogP) is 2.53. The molecule has 2 fully saturated rings. The van der Waals surface area contributed by atoms with E-state index in [9.17, 15) is 0 Å². The zero-order valence-electron chi connectivity index (χ0n) is 13.4. The Morgan fingerprint density at radius 2 is 2.10 bits per heavy atom. The van der Waals surface area contributed by atoms with Crippen LogP contribution in [0.1, 0.15) is 36.6 Å². The number of aromatic nitrogens is 1. The van der Waals surface area contributed by atoms with Crippen molar-refractivity contribution in [3.63, 3.8) is 0 Å². The van der Waals surface area contributed by atoms with Crippen molar-refractivity contribution in [1.82, 2.24) is 14.8 Å². The molecule has 0 aromatic carbocycles. The Balaban J connectivity index is 1.56. The molecular formula is C16H27N3OS. The van der Waals surface area contributed by atoms with E-state index in [1.165, 1.54) is 35.8 Å². The lowest BCUT2D eigenvalue weighted by molar-refractivity contribution is -0.0724. The first-order valence-electron chi connectivity index (χ1n) is 8.13. The molecule has 0 aliphatic carbocycles. The van der Waals surface area contributed by atoms with E-state index >= 15 is 0 Å². The number of hydrogen-bond acceptors (Lipinski definition) is 5. The summed E-state index contributed by atoms with van der Waals surface area (Å²) >= 11 is 1.84. The Morgan fingerprint density at radius 3 is 2.76 bits per heavy atom. The minimum Gasteiger partial charge on any atom is -0.373 e. The predicted molar refractivity (Wildman–Crippen MR) is 86.7 cm³/mol. The summed E-state index contributed by atoms with van der Waals surface area (Å²) in [7, 11) is 0. The smallest absolute Gasteiger partial charge is 0.0897 e. The lowest BCUT2D eigenvalue weighted by Gasteiger charge is -2.38. The Labute approximate surface area is 132 Å². The monoisotopic (exact) mass is 309 g/mol. The number of thiazole rings is 1. The summed E-state index contributed by atoms with van der Waals surface area (Å²) in [5, 5.41) is 1.18. The first-order valence-corrected chi connectivity index (χ1v) is 8.95. The van der Waals surface area contributed by atoms with E-state index < -0.39 is 0 Å². The lowest BCUT2D eigenvalue weighted by atomic mass is 10.1. The summed E-state index contributed by atoms with van der Waals surface area (Å²) in [5.74, 6) is 0. The van der Waals surface area contributed by atoms with Crippen molar-refractivity contribution in [2.75, 3.05) is 26.2 Å². The van der Waals surface area contributed by atoms with E-state index in [2.05, 4.69) is 35.6 Å². The fourth-order valence-electron chi connectivity index (χ4n) is 3.72. The third kappa shape index (κ3) is 4.03. The van der Waals surface area contributed by atoms with Crippen LogP contribution in [0.25, 0.3) is 0 Å². The summed E-state index contributed by atoms with van der Waals surface area (Å²) in [6.07, 6.45) is 5.45. The maximum Gasteiger partial charge on any atom is 0.0897 e. The fourth-order valence-corrected chi connectivity index (χ4v) is 4.54. The molecule has 0 N–H and O–H groups in total. The number of likely N-dealkylation sites (tertiary alicyclic amines) is 1. The van der Waals surface area contributed by atoms with E-state index in [-0.39, 0.29) is 0 Å². The van der Waals surface area contributed by atoms with Gasteiger partial charge < -0.3 is 4.74 Å². The number of aryl methyl sites for hydroxylation is 1. The number of morpholine rings is 1. The highest BCUT2D eigenvalue weighted by Gasteiger charge is 2.30. The van der Waals surface area contributed by atoms with E-state index in [4.69, 9.17) is 4.74 Å². The summed E-state index contributed by atoms with van der Waals surface area (Å²) in [6, 6.07) is 0.699. The van der Waals surface area contributed by atoms with Crippen LogP contribution in [0, 0.1) is 6.92 Å². The first-order chi connectivity index (χ1) is 10.1. The van der Waals surface area contributed by atoms with Crippen molar-refractivity contribution in [2.24, 2.45) is 0 Å². The van der Waals surface area contributed by atoms with E-state index in [0.29, 0.717) is 18.2 Å². The number of hydrogen-bond donors (Lipinski definition) is 0. The summed E-state index contributed by atoms with van der Waals surface area (Å²) < 4.78 is 5.84. The highest BCUT2D eigenvalue weighted by Crippen LogP contribution is 2.24. The molecule has 3 heterocycles. The number of nitrogens with zero attached hydrogens (tertiary/aromatic N) is 3.